The molecule has 2 aliphatic rings. The summed E-state index contributed by atoms with van der Waals surface area (Å²) in [5.74, 6) is -0.910. The van der Waals surface area contributed by atoms with Crippen LogP contribution < -0.4 is 4.74 Å². The van der Waals surface area contributed by atoms with Crippen molar-refractivity contribution in [1.29, 1.82) is 0 Å². The predicted octanol–water partition coefficient (Wildman–Crippen LogP) is 4.77. The maximum atomic E-state index is 12.7. The molecule has 1 amide bonds. The average molecular weight is 482 g/mol. The molecule has 1 aliphatic heterocycles. The first-order valence-corrected chi connectivity index (χ1v) is 11.7. The van der Waals surface area contributed by atoms with Crippen molar-refractivity contribution in [2.45, 2.75) is 71.1 Å². The second kappa shape index (κ2) is 10.2. The van der Waals surface area contributed by atoms with E-state index in [1.54, 1.807) is 45.9 Å². The highest BCUT2D eigenvalue weighted by Crippen LogP contribution is 2.41. The second-order valence-electron chi connectivity index (χ2n) is 9.66. The number of hydrogen-bond acceptors (Lipinski definition) is 6. The zero-order chi connectivity index (χ0) is 24.3. The number of carboxylic acid groups (broad SMARTS) is 1. The van der Waals surface area contributed by atoms with Crippen molar-refractivity contribution in [3.05, 3.63) is 28.8 Å². The fraction of sp³-hybridized carbons (Fsp3) is 0.625. The number of hydrogen-bond donors (Lipinski definition) is 1. The Hall–Kier alpha value is -2.48. The third-order valence-corrected chi connectivity index (χ3v) is 6.31. The zero-order valence-corrected chi connectivity index (χ0v) is 20.3. The third kappa shape index (κ3) is 6.31. The molecule has 9 heteroatoms. The fourth-order valence-electron chi connectivity index (χ4n) is 4.62. The van der Waals surface area contributed by atoms with Crippen LogP contribution in [0.4, 0.5) is 4.79 Å². The van der Waals surface area contributed by atoms with Crippen LogP contribution in [0.15, 0.2) is 18.2 Å². The van der Waals surface area contributed by atoms with Crippen LogP contribution in [-0.2, 0) is 14.3 Å². The van der Waals surface area contributed by atoms with Crippen molar-refractivity contribution in [3.8, 4) is 5.75 Å². The lowest BCUT2D eigenvalue weighted by atomic mass is 9.72. The van der Waals surface area contributed by atoms with E-state index >= 15 is 0 Å². The number of aliphatic carboxylic acids is 1. The molecule has 0 aromatic heterocycles. The second-order valence-corrected chi connectivity index (χ2v) is 10.1. The maximum absolute atomic E-state index is 12.7. The molecule has 0 spiro atoms. The fourth-order valence-corrected chi connectivity index (χ4v) is 4.78. The Bertz CT molecular complexity index is 897. The Balaban J connectivity index is 1.72. The number of rotatable bonds is 5. The van der Waals surface area contributed by atoms with Crippen molar-refractivity contribution in [3.63, 3.8) is 0 Å². The Morgan fingerprint density at radius 2 is 1.88 bits per heavy atom. The Morgan fingerprint density at radius 1 is 1.15 bits per heavy atom. The Morgan fingerprint density at radius 3 is 2.52 bits per heavy atom. The number of nitrogens with zero attached hydrogens (tertiary/aromatic N) is 1. The summed E-state index contributed by atoms with van der Waals surface area (Å²) in [6.45, 7) is 7.61. The van der Waals surface area contributed by atoms with E-state index in [1.807, 2.05) is 0 Å². The molecule has 4 atom stereocenters. The van der Waals surface area contributed by atoms with E-state index in [2.05, 4.69) is 0 Å². The summed E-state index contributed by atoms with van der Waals surface area (Å²) in [5, 5.41) is 10.2. The number of likely N-dealkylation sites (tertiary alicyclic amines) is 1. The van der Waals surface area contributed by atoms with E-state index in [0.29, 0.717) is 35.7 Å². The molecule has 1 aromatic rings. The van der Waals surface area contributed by atoms with Gasteiger partial charge in [0.1, 0.15) is 23.0 Å². The molecule has 0 bridgehead atoms. The van der Waals surface area contributed by atoms with Crippen LogP contribution in [0.2, 0.25) is 5.02 Å². The number of fused-ring (bicyclic) bond motifs is 1. The summed E-state index contributed by atoms with van der Waals surface area (Å²) in [6, 6.07) is 3.86. The van der Waals surface area contributed by atoms with E-state index in [0.717, 1.165) is 12.8 Å². The van der Waals surface area contributed by atoms with E-state index in [-0.39, 0.29) is 24.5 Å². The molecular weight excluding hydrogens is 450 g/mol. The number of benzene rings is 1. The first-order chi connectivity index (χ1) is 15.5. The number of amides is 1. The van der Waals surface area contributed by atoms with Crippen LogP contribution >= 0.6 is 11.6 Å². The van der Waals surface area contributed by atoms with Gasteiger partial charge in [0.2, 0.25) is 0 Å². The van der Waals surface area contributed by atoms with Gasteiger partial charge in [-0.05, 0) is 83.4 Å². The average Bonchev–Trinajstić information content (AvgIpc) is 2.71. The van der Waals surface area contributed by atoms with E-state index in [4.69, 9.17) is 25.8 Å². The van der Waals surface area contributed by atoms with Gasteiger partial charge in [-0.3, -0.25) is 4.90 Å². The van der Waals surface area contributed by atoms with Crippen molar-refractivity contribution in [1.82, 2.24) is 4.90 Å². The quantitative estimate of drug-likeness (QED) is 0.604. The van der Waals surface area contributed by atoms with Crippen LogP contribution in [-0.4, -0.2) is 58.9 Å². The van der Waals surface area contributed by atoms with E-state index < -0.39 is 29.7 Å². The predicted molar refractivity (Wildman–Crippen MR) is 122 cm³/mol. The van der Waals surface area contributed by atoms with Crippen LogP contribution in [0.25, 0.3) is 0 Å². The van der Waals surface area contributed by atoms with E-state index in [9.17, 15) is 19.5 Å². The Labute approximate surface area is 199 Å². The van der Waals surface area contributed by atoms with Crippen LogP contribution in [0.1, 0.15) is 63.7 Å². The van der Waals surface area contributed by atoms with Crippen molar-refractivity contribution < 1.29 is 33.7 Å². The highest BCUT2D eigenvalue weighted by atomic mass is 35.5. The number of carboxylic acids is 1. The topological polar surface area (TPSA) is 102 Å². The molecule has 0 radical (unpaired) electrons. The normalized spacial score (nSPS) is 25.1. The van der Waals surface area contributed by atoms with Crippen LogP contribution in [0, 0.1) is 11.8 Å². The lowest BCUT2D eigenvalue weighted by Crippen LogP contribution is -2.56. The smallest absolute Gasteiger partial charge is 0.411 e. The molecule has 1 N–H and O–H groups in total. The minimum atomic E-state index is -1.04. The summed E-state index contributed by atoms with van der Waals surface area (Å²) >= 11 is 6.13. The summed E-state index contributed by atoms with van der Waals surface area (Å²) < 4.78 is 16.7. The molecule has 182 valence electrons. The standard InChI is InChI=1S/C24H32ClNO7/c1-5-31-22(29)18-9-7-16(25)12-20(18)32-17-8-6-14-13-26(23(30)33-24(2,3)4)19(21(27)28)11-15(14)10-17/h7,9,12,14-15,17,19H,5-6,8,10-11,13H2,1-4H3,(H,27,28). The minimum Gasteiger partial charge on any atom is -0.489 e. The zero-order valence-electron chi connectivity index (χ0n) is 19.5. The monoisotopic (exact) mass is 481 g/mol. The molecule has 1 heterocycles. The van der Waals surface area contributed by atoms with Gasteiger partial charge in [0, 0.05) is 11.6 Å². The number of piperidine rings is 1. The number of halogens is 1. The number of ether oxygens (including phenoxy) is 3. The summed E-state index contributed by atoms with van der Waals surface area (Å²) in [4.78, 5) is 38.3. The highest BCUT2D eigenvalue weighted by molar-refractivity contribution is 6.30. The molecule has 1 aliphatic carbocycles. The molecule has 2 fully saturated rings. The summed E-state index contributed by atoms with van der Waals surface area (Å²) in [5.41, 5.74) is -0.387. The van der Waals surface area contributed by atoms with Gasteiger partial charge < -0.3 is 19.3 Å². The highest BCUT2D eigenvalue weighted by Gasteiger charge is 2.45. The van der Waals surface area contributed by atoms with Gasteiger partial charge in [-0.2, -0.15) is 0 Å². The van der Waals surface area contributed by atoms with Crippen molar-refractivity contribution in [2.24, 2.45) is 11.8 Å². The van der Waals surface area contributed by atoms with Gasteiger partial charge in [0.15, 0.2) is 0 Å². The lowest BCUT2D eigenvalue weighted by Gasteiger charge is -2.46. The molecule has 4 unspecified atom stereocenters. The molecule has 33 heavy (non-hydrogen) atoms. The van der Waals surface area contributed by atoms with E-state index in [1.165, 1.54) is 4.90 Å². The van der Waals surface area contributed by atoms with Gasteiger partial charge in [0.05, 0.1) is 12.7 Å². The molecular formula is C24H32ClNO7. The molecule has 8 nitrogen and oxygen atoms in total. The minimum absolute atomic E-state index is 0.0776. The van der Waals surface area contributed by atoms with Crippen molar-refractivity contribution >= 4 is 29.6 Å². The van der Waals surface area contributed by atoms with Gasteiger partial charge in [-0.25, -0.2) is 14.4 Å². The number of esters is 1. The number of carbonyl (C=O) groups is 3. The van der Waals surface area contributed by atoms with Gasteiger partial charge in [-0.15, -0.1) is 0 Å². The van der Waals surface area contributed by atoms with Gasteiger partial charge in [0.25, 0.3) is 0 Å². The molecule has 3 rings (SSSR count). The summed E-state index contributed by atoms with van der Waals surface area (Å²) in [7, 11) is 0. The lowest BCUT2D eigenvalue weighted by molar-refractivity contribution is -0.147. The maximum Gasteiger partial charge on any atom is 0.411 e. The first kappa shape index (κ1) is 25.1. The van der Waals surface area contributed by atoms with Crippen LogP contribution in [0.3, 0.4) is 0 Å². The van der Waals surface area contributed by atoms with Gasteiger partial charge in [-0.1, -0.05) is 11.6 Å². The third-order valence-electron chi connectivity index (χ3n) is 6.07. The van der Waals surface area contributed by atoms with Crippen LogP contribution in [0.5, 0.6) is 5.75 Å². The first-order valence-electron chi connectivity index (χ1n) is 11.3. The SMILES string of the molecule is CCOC(=O)c1ccc(Cl)cc1OC1CCC2CN(C(=O)OC(C)(C)C)C(C(=O)O)CC2C1. The largest absolute Gasteiger partial charge is 0.489 e. The van der Waals surface area contributed by atoms with Crippen molar-refractivity contribution in [2.75, 3.05) is 13.2 Å². The number of carbonyl (C=O) groups excluding carboxylic acids is 2. The molecule has 1 aromatic carbocycles. The van der Waals surface area contributed by atoms with Gasteiger partial charge >= 0.3 is 18.0 Å². The Kier molecular flexibility index (Phi) is 7.77. The summed E-state index contributed by atoms with van der Waals surface area (Å²) in [6.07, 6.45) is 1.67. The molecule has 1 saturated carbocycles. The molecule has 1 saturated heterocycles.